The van der Waals surface area contributed by atoms with E-state index in [2.05, 4.69) is 0 Å². The van der Waals surface area contributed by atoms with E-state index in [1.54, 1.807) is 13.0 Å². The molecule has 0 aliphatic carbocycles. The Kier molecular flexibility index (Phi) is 3.01. The smallest absolute Gasteiger partial charge is 0.129 e. The lowest BCUT2D eigenvalue weighted by Crippen LogP contribution is -2.33. The van der Waals surface area contributed by atoms with Crippen molar-refractivity contribution in [2.45, 2.75) is 26.4 Å². The van der Waals surface area contributed by atoms with E-state index in [0.29, 0.717) is 17.5 Å². The highest BCUT2D eigenvalue weighted by Gasteiger charge is 2.08. The maximum Gasteiger partial charge on any atom is 0.129 e. The molecule has 1 aromatic rings. The molecule has 0 atom stereocenters. The normalized spacial score (nSPS) is 10.9. The van der Waals surface area contributed by atoms with Gasteiger partial charge in [-0.1, -0.05) is 12.1 Å². The second kappa shape index (κ2) is 3.85. The van der Waals surface area contributed by atoms with Crippen LogP contribution in [-0.4, -0.2) is 6.17 Å². The van der Waals surface area contributed by atoms with Gasteiger partial charge in [0.1, 0.15) is 5.82 Å². The third kappa shape index (κ3) is 2.26. The minimum absolute atomic E-state index is 0.180. The molecule has 3 heteroatoms. The van der Waals surface area contributed by atoms with Crippen LogP contribution in [0.15, 0.2) is 12.1 Å². The van der Waals surface area contributed by atoms with Crippen molar-refractivity contribution in [3.05, 3.63) is 34.6 Å². The quantitative estimate of drug-likeness (QED) is 0.676. The molecular formula is C10H15FN2. The van der Waals surface area contributed by atoms with Gasteiger partial charge in [0.15, 0.2) is 0 Å². The van der Waals surface area contributed by atoms with Crippen molar-refractivity contribution in [2.24, 2.45) is 11.5 Å². The summed E-state index contributed by atoms with van der Waals surface area (Å²) in [7, 11) is 0. The highest BCUT2D eigenvalue weighted by Crippen LogP contribution is 2.16. The van der Waals surface area contributed by atoms with E-state index >= 15 is 0 Å². The highest BCUT2D eigenvalue weighted by molar-refractivity contribution is 5.32. The van der Waals surface area contributed by atoms with Gasteiger partial charge in [0.05, 0.1) is 6.17 Å². The van der Waals surface area contributed by atoms with Crippen LogP contribution in [0.5, 0.6) is 0 Å². The summed E-state index contributed by atoms with van der Waals surface area (Å²) in [6.07, 6.45) is -0.107. The molecule has 0 unspecified atom stereocenters. The summed E-state index contributed by atoms with van der Waals surface area (Å²) in [5, 5.41) is 0. The molecule has 0 saturated heterocycles. The summed E-state index contributed by atoms with van der Waals surface area (Å²) in [6, 6.07) is 3.63. The predicted molar refractivity (Wildman–Crippen MR) is 51.7 cm³/mol. The summed E-state index contributed by atoms with van der Waals surface area (Å²) in [5.41, 5.74) is 13.0. The van der Waals surface area contributed by atoms with Crippen molar-refractivity contribution in [2.75, 3.05) is 0 Å². The average molecular weight is 182 g/mol. The summed E-state index contributed by atoms with van der Waals surface area (Å²) < 4.78 is 13.5. The molecule has 4 N–H and O–H groups in total. The van der Waals surface area contributed by atoms with Gasteiger partial charge in [-0.25, -0.2) is 4.39 Å². The van der Waals surface area contributed by atoms with Gasteiger partial charge in [-0.3, -0.25) is 0 Å². The van der Waals surface area contributed by atoms with E-state index in [4.69, 9.17) is 11.5 Å². The van der Waals surface area contributed by atoms with Crippen molar-refractivity contribution in [1.82, 2.24) is 0 Å². The van der Waals surface area contributed by atoms with Gasteiger partial charge in [-0.05, 0) is 30.5 Å². The van der Waals surface area contributed by atoms with Crippen molar-refractivity contribution < 1.29 is 4.39 Å². The number of halogens is 1. The Morgan fingerprint density at radius 1 is 1.31 bits per heavy atom. The molecule has 1 rings (SSSR count). The highest BCUT2D eigenvalue weighted by atomic mass is 19.1. The van der Waals surface area contributed by atoms with Gasteiger partial charge in [0.2, 0.25) is 0 Å². The van der Waals surface area contributed by atoms with Crippen LogP contribution in [-0.2, 0) is 6.42 Å². The van der Waals surface area contributed by atoms with E-state index in [1.807, 2.05) is 13.0 Å². The van der Waals surface area contributed by atoms with Gasteiger partial charge >= 0.3 is 0 Å². The topological polar surface area (TPSA) is 52.0 Å². The first-order valence-electron chi connectivity index (χ1n) is 4.28. The van der Waals surface area contributed by atoms with Crippen LogP contribution < -0.4 is 11.5 Å². The molecule has 1 aromatic carbocycles. The maximum absolute atomic E-state index is 13.5. The molecule has 2 nitrogen and oxygen atoms in total. The summed E-state index contributed by atoms with van der Waals surface area (Å²) in [4.78, 5) is 0. The number of hydrogen-bond acceptors (Lipinski definition) is 2. The molecule has 0 aliphatic heterocycles. The molecule has 0 saturated carbocycles. The van der Waals surface area contributed by atoms with Gasteiger partial charge in [-0.15, -0.1) is 0 Å². The third-order valence-corrected chi connectivity index (χ3v) is 2.19. The van der Waals surface area contributed by atoms with E-state index < -0.39 is 6.17 Å². The van der Waals surface area contributed by atoms with E-state index in [0.717, 1.165) is 5.56 Å². The largest absolute Gasteiger partial charge is 0.316 e. The number of benzene rings is 1. The SMILES string of the molecule is Cc1ccc(CC(N)N)c(F)c1C. The molecular weight excluding hydrogens is 167 g/mol. The predicted octanol–water partition coefficient (Wildman–Crippen LogP) is 1.23. The van der Waals surface area contributed by atoms with Crippen molar-refractivity contribution in [3.63, 3.8) is 0 Å². The second-order valence-electron chi connectivity index (χ2n) is 3.35. The minimum atomic E-state index is -0.489. The fraction of sp³-hybridized carbons (Fsp3) is 0.400. The summed E-state index contributed by atoms with van der Waals surface area (Å²) in [6.45, 7) is 3.64. The van der Waals surface area contributed by atoms with Crippen LogP contribution >= 0.6 is 0 Å². The lowest BCUT2D eigenvalue weighted by atomic mass is 10.0. The standard InChI is InChI=1S/C10H15FN2/c1-6-3-4-8(5-9(12)13)10(11)7(6)2/h3-4,9H,5,12-13H2,1-2H3. The first kappa shape index (κ1) is 10.2. The second-order valence-corrected chi connectivity index (χ2v) is 3.35. The van der Waals surface area contributed by atoms with Crippen LogP contribution in [0.3, 0.4) is 0 Å². The fourth-order valence-corrected chi connectivity index (χ4v) is 1.25. The Hall–Kier alpha value is -0.930. The van der Waals surface area contributed by atoms with Gasteiger partial charge in [-0.2, -0.15) is 0 Å². The fourth-order valence-electron chi connectivity index (χ4n) is 1.25. The third-order valence-electron chi connectivity index (χ3n) is 2.19. The molecule has 0 bridgehead atoms. The zero-order valence-electron chi connectivity index (χ0n) is 7.97. The molecule has 0 amide bonds. The number of hydrogen-bond donors (Lipinski definition) is 2. The Bertz CT molecular complexity index is 308. The number of aryl methyl sites for hydroxylation is 1. The van der Waals surface area contributed by atoms with Gasteiger partial charge in [0, 0.05) is 6.42 Å². The summed E-state index contributed by atoms with van der Waals surface area (Å²) >= 11 is 0. The Balaban J connectivity index is 3.04. The molecule has 13 heavy (non-hydrogen) atoms. The van der Waals surface area contributed by atoms with E-state index in [1.165, 1.54) is 0 Å². The Morgan fingerprint density at radius 3 is 2.46 bits per heavy atom. The van der Waals surface area contributed by atoms with Crippen LogP contribution in [0.2, 0.25) is 0 Å². The zero-order valence-corrected chi connectivity index (χ0v) is 7.97. The lowest BCUT2D eigenvalue weighted by molar-refractivity contribution is 0.582. The maximum atomic E-state index is 13.5. The van der Waals surface area contributed by atoms with Crippen LogP contribution in [0, 0.1) is 19.7 Å². The van der Waals surface area contributed by atoms with Gasteiger partial charge in [0.25, 0.3) is 0 Å². The molecule has 0 aliphatic rings. The summed E-state index contributed by atoms with van der Waals surface area (Å²) in [5.74, 6) is -0.180. The van der Waals surface area contributed by atoms with Crippen LogP contribution in [0.25, 0.3) is 0 Å². The zero-order chi connectivity index (χ0) is 10.0. The first-order valence-corrected chi connectivity index (χ1v) is 4.28. The van der Waals surface area contributed by atoms with E-state index in [-0.39, 0.29) is 5.82 Å². The monoisotopic (exact) mass is 182 g/mol. The molecule has 0 aromatic heterocycles. The molecule has 0 heterocycles. The van der Waals surface area contributed by atoms with Crippen LogP contribution in [0.1, 0.15) is 16.7 Å². The molecule has 0 spiro atoms. The Morgan fingerprint density at radius 2 is 1.92 bits per heavy atom. The van der Waals surface area contributed by atoms with Crippen molar-refractivity contribution in [3.8, 4) is 0 Å². The van der Waals surface area contributed by atoms with Crippen molar-refractivity contribution in [1.29, 1.82) is 0 Å². The number of rotatable bonds is 2. The van der Waals surface area contributed by atoms with Gasteiger partial charge < -0.3 is 11.5 Å². The minimum Gasteiger partial charge on any atom is -0.316 e. The molecule has 0 fully saturated rings. The average Bonchev–Trinajstić information content (AvgIpc) is 2.06. The molecule has 72 valence electrons. The van der Waals surface area contributed by atoms with Crippen LogP contribution in [0.4, 0.5) is 4.39 Å². The first-order chi connectivity index (χ1) is 6.02. The van der Waals surface area contributed by atoms with E-state index in [9.17, 15) is 4.39 Å². The lowest BCUT2D eigenvalue weighted by Gasteiger charge is -2.09. The Labute approximate surface area is 77.7 Å². The number of nitrogens with two attached hydrogens (primary N) is 2. The molecule has 0 radical (unpaired) electrons. The van der Waals surface area contributed by atoms with Crippen molar-refractivity contribution >= 4 is 0 Å².